The van der Waals surface area contributed by atoms with Crippen LogP contribution in [-0.2, 0) is 0 Å². The van der Waals surface area contributed by atoms with Gasteiger partial charge in [-0.05, 0) is 0 Å². The van der Waals surface area contributed by atoms with Gasteiger partial charge in [0.2, 0.25) is 0 Å². The Labute approximate surface area is 72.5 Å². The first-order chi connectivity index (χ1) is 3.81. The molecule has 0 aromatic carbocycles. The molecule has 0 amide bonds. The zero-order valence-corrected chi connectivity index (χ0v) is 9.73. The van der Waals surface area contributed by atoms with Gasteiger partial charge in [0.15, 0.2) is 0 Å². The molecule has 9 heavy (non-hydrogen) atoms. The van der Waals surface area contributed by atoms with Crippen molar-refractivity contribution in [2.75, 3.05) is 5.88 Å². The summed E-state index contributed by atoms with van der Waals surface area (Å²) < 4.78 is -0.0683. The Morgan fingerprint density at radius 3 is 1.67 bits per heavy atom. The second kappa shape index (κ2) is 3.19. The van der Waals surface area contributed by atoms with E-state index in [1.54, 1.807) is 0 Å². The van der Waals surface area contributed by atoms with E-state index >= 15 is 0 Å². The van der Waals surface area contributed by atoms with Crippen LogP contribution in [0, 0.1) is 0 Å². The normalized spacial score (nSPS) is 15.8. The molecule has 0 bridgehead atoms. The molecule has 0 rings (SSSR count). The summed E-state index contributed by atoms with van der Waals surface area (Å²) in [5.41, 5.74) is 0. The molecule has 0 aliphatic carbocycles. The molecule has 0 saturated carbocycles. The molecule has 0 atom stereocenters. The quantitative estimate of drug-likeness (QED) is 0.523. The number of halogens is 3. The van der Waals surface area contributed by atoms with Gasteiger partial charge in [0.25, 0.3) is 0 Å². The van der Waals surface area contributed by atoms with E-state index in [2.05, 4.69) is 0 Å². The Bertz CT molecular complexity index is 94.9. The Kier molecular flexibility index (Phi) is 3.68. The van der Waals surface area contributed by atoms with E-state index in [1.165, 1.54) is 0 Å². The third-order valence-electron chi connectivity index (χ3n) is 1.29. The van der Waals surface area contributed by atoms with Crippen molar-refractivity contribution >= 4 is 42.8 Å². The number of hydrogen-bond donors (Lipinski definition) is 0. The van der Waals surface area contributed by atoms with E-state index in [1.807, 2.05) is 19.7 Å². The van der Waals surface area contributed by atoms with Crippen LogP contribution >= 0.6 is 31.8 Å². The average molecular weight is 256 g/mol. The summed E-state index contributed by atoms with van der Waals surface area (Å²) in [6.07, 6.45) is 0. The fraction of sp³-hybridized carbons (Fsp3) is 1.00. The first-order valence-electron chi connectivity index (χ1n) is 2.54. The molecule has 58 valence electrons. The van der Waals surface area contributed by atoms with Crippen LogP contribution in [0.2, 0.25) is 10.1 Å². The maximum absolute atomic E-state index is 5.96. The molecule has 0 spiro atoms. The zero-order chi connectivity index (χ0) is 7.71. The molecule has 0 nitrogen and oxygen atoms in total. The molecule has 0 saturated heterocycles. The van der Waals surface area contributed by atoms with Gasteiger partial charge in [0.1, 0.15) is 0 Å². The van der Waals surface area contributed by atoms with Crippen molar-refractivity contribution in [1.82, 2.24) is 0 Å². The Morgan fingerprint density at radius 2 is 1.67 bits per heavy atom. The van der Waals surface area contributed by atoms with Gasteiger partial charge >= 0.3 is 72.7 Å². The molecule has 0 aliphatic heterocycles. The Balaban J connectivity index is 4.14. The van der Waals surface area contributed by atoms with Crippen LogP contribution in [-0.4, -0.2) is 16.9 Å². The van der Waals surface area contributed by atoms with Gasteiger partial charge in [-0.1, -0.05) is 0 Å². The van der Waals surface area contributed by atoms with Crippen LogP contribution in [0.25, 0.3) is 0 Å². The molecule has 0 unspecified atom stereocenters. The van der Waals surface area contributed by atoms with Crippen LogP contribution in [0.3, 0.4) is 0 Å². The summed E-state index contributed by atoms with van der Waals surface area (Å²) in [7, 11) is 11.9. The van der Waals surface area contributed by atoms with Crippen molar-refractivity contribution < 1.29 is 0 Å². The molecular formula is C5H11Cl3Se. The summed E-state index contributed by atoms with van der Waals surface area (Å²) in [5.74, 6) is 2.44. The van der Waals surface area contributed by atoms with Gasteiger partial charge in [-0.15, -0.1) is 0 Å². The second-order valence-electron chi connectivity index (χ2n) is 2.62. The van der Waals surface area contributed by atoms with Crippen molar-refractivity contribution in [3.05, 3.63) is 0 Å². The van der Waals surface area contributed by atoms with Crippen molar-refractivity contribution in [3.8, 4) is 0 Å². The molecule has 0 aliphatic rings. The molecule has 0 aromatic heterocycles. The van der Waals surface area contributed by atoms with E-state index in [9.17, 15) is 0 Å². The average Bonchev–Trinajstić information content (AvgIpc) is 1.64. The van der Waals surface area contributed by atoms with E-state index < -0.39 is 11.0 Å². The maximum atomic E-state index is 5.96. The third kappa shape index (κ3) is 2.86. The summed E-state index contributed by atoms with van der Waals surface area (Å²) in [6, 6.07) is 0. The van der Waals surface area contributed by atoms with Gasteiger partial charge in [-0.2, -0.15) is 0 Å². The summed E-state index contributed by atoms with van der Waals surface area (Å²) in [6.45, 7) is 4.00. The molecule has 0 aromatic rings. The predicted molar refractivity (Wildman–Crippen MR) is 48.1 cm³/mol. The molecule has 0 N–H and O–H groups in total. The first kappa shape index (κ1) is 10.4. The minimum atomic E-state index is -2.24. The third-order valence-corrected chi connectivity index (χ3v) is 11.0. The number of hydrogen-bond acceptors (Lipinski definition) is 0. The van der Waals surface area contributed by atoms with Crippen molar-refractivity contribution in [2.45, 2.75) is 24.0 Å². The van der Waals surface area contributed by atoms with Crippen molar-refractivity contribution in [3.63, 3.8) is 0 Å². The van der Waals surface area contributed by atoms with Crippen LogP contribution in [0.5, 0.6) is 0 Å². The van der Waals surface area contributed by atoms with E-state index in [-0.39, 0.29) is 4.31 Å². The molecule has 0 fully saturated rings. The SMILES string of the molecule is CC(C)(CCl)[Se](C)(Cl)Cl. The fourth-order valence-electron chi connectivity index (χ4n) is 0.0958. The van der Waals surface area contributed by atoms with Crippen LogP contribution in [0.1, 0.15) is 13.8 Å². The molecular weight excluding hydrogens is 245 g/mol. The number of rotatable bonds is 2. The first-order valence-corrected chi connectivity index (χ1v) is 10.1. The second-order valence-corrected chi connectivity index (χ2v) is 15.5. The van der Waals surface area contributed by atoms with Gasteiger partial charge in [-0.25, -0.2) is 0 Å². The zero-order valence-electron chi connectivity index (χ0n) is 5.75. The van der Waals surface area contributed by atoms with Crippen LogP contribution in [0.15, 0.2) is 0 Å². The van der Waals surface area contributed by atoms with Gasteiger partial charge < -0.3 is 0 Å². The topological polar surface area (TPSA) is 0 Å². The standard InChI is InChI=1S/C5H11Cl3Se/c1-5(2,4-6)9(3,7)8/h4H2,1-3H3. The van der Waals surface area contributed by atoms with Gasteiger partial charge in [0, 0.05) is 0 Å². The van der Waals surface area contributed by atoms with Gasteiger partial charge in [0.05, 0.1) is 0 Å². The molecule has 0 radical (unpaired) electrons. The summed E-state index contributed by atoms with van der Waals surface area (Å²) in [5, 5.41) is 0. The molecule has 4 heteroatoms. The fourth-order valence-corrected chi connectivity index (χ4v) is 2.78. The van der Waals surface area contributed by atoms with Gasteiger partial charge in [-0.3, -0.25) is 0 Å². The van der Waals surface area contributed by atoms with Crippen LogP contribution in [0.4, 0.5) is 0 Å². The van der Waals surface area contributed by atoms with E-state index in [4.69, 9.17) is 31.8 Å². The summed E-state index contributed by atoms with van der Waals surface area (Å²) in [4.78, 5) is 0. The molecule has 0 heterocycles. The summed E-state index contributed by atoms with van der Waals surface area (Å²) >= 11 is 3.41. The minimum absolute atomic E-state index is 0.0683. The van der Waals surface area contributed by atoms with Crippen molar-refractivity contribution in [1.29, 1.82) is 0 Å². The van der Waals surface area contributed by atoms with E-state index in [0.29, 0.717) is 5.88 Å². The predicted octanol–water partition coefficient (Wildman–Crippen LogP) is 3.56. The Morgan fingerprint density at radius 1 is 1.33 bits per heavy atom. The van der Waals surface area contributed by atoms with Crippen LogP contribution < -0.4 is 0 Å². The number of alkyl halides is 1. The monoisotopic (exact) mass is 256 g/mol. The van der Waals surface area contributed by atoms with E-state index in [0.717, 1.165) is 0 Å². The van der Waals surface area contributed by atoms with Crippen molar-refractivity contribution in [2.24, 2.45) is 0 Å². The Hall–Kier alpha value is 1.39.